The van der Waals surface area contributed by atoms with Crippen molar-refractivity contribution >= 4 is 70.1 Å². The van der Waals surface area contributed by atoms with Gasteiger partial charge in [0.2, 0.25) is 0 Å². The summed E-state index contributed by atoms with van der Waals surface area (Å²) >= 11 is 1.90. The molecular weight excluding hydrogens is 575 g/mol. The first-order chi connectivity index (χ1) is 22.8. The van der Waals surface area contributed by atoms with E-state index in [0.29, 0.717) is 0 Å². The molecule has 0 radical (unpaired) electrons. The molecule has 0 aliphatic carbocycles. The van der Waals surface area contributed by atoms with E-state index in [9.17, 15) is 0 Å². The summed E-state index contributed by atoms with van der Waals surface area (Å²) < 4.78 is 2.70. The van der Waals surface area contributed by atoms with E-state index in [0.717, 1.165) is 17.1 Å². The first-order valence-corrected chi connectivity index (χ1v) is 16.5. The van der Waals surface area contributed by atoms with Crippen LogP contribution in [0.15, 0.2) is 176 Å². The molecule has 1 nitrogen and oxygen atoms in total. The Morgan fingerprint density at radius 2 is 0.935 bits per heavy atom. The smallest absolute Gasteiger partial charge is 0.0468 e. The van der Waals surface area contributed by atoms with Gasteiger partial charge in [-0.1, -0.05) is 133 Å². The minimum atomic E-state index is 1.12. The topological polar surface area (TPSA) is 3.24 Å². The summed E-state index contributed by atoms with van der Waals surface area (Å²) in [6.45, 7) is 0. The second-order valence-electron chi connectivity index (χ2n) is 11.8. The second-order valence-corrected chi connectivity index (χ2v) is 12.8. The molecule has 0 spiro atoms. The zero-order valence-corrected chi connectivity index (χ0v) is 25.9. The van der Waals surface area contributed by atoms with Crippen LogP contribution in [0.4, 0.5) is 17.1 Å². The lowest BCUT2D eigenvalue weighted by Crippen LogP contribution is -2.10. The van der Waals surface area contributed by atoms with E-state index in [4.69, 9.17) is 0 Å². The second kappa shape index (κ2) is 11.0. The summed E-state index contributed by atoms with van der Waals surface area (Å²) in [7, 11) is 0. The van der Waals surface area contributed by atoms with Gasteiger partial charge in [0.05, 0.1) is 0 Å². The number of anilines is 3. The van der Waals surface area contributed by atoms with Gasteiger partial charge in [0.1, 0.15) is 0 Å². The van der Waals surface area contributed by atoms with Gasteiger partial charge in [-0.05, 0) is 80.9 Å². The average molecular weight is 604 g/mol. The van der Waals surface area contributed by atoms with Crippen molar-refractivity contribution in [1.82, 2.24) is 0 Å². The van der Waals surface area contributed by atoms with Gasteiger partial charge in [-0.2, -0.15) is 0 Å². The van der Waals surface area contributed by atoms with Crippen molar-refractivity contribution in [2.75, 3.05) is 4.90 Å². The maximum atomic E-state index is 2.38. The molecule has 0 aliphatic heterocycles. The van der Waals surface area contributed by atoms with Crippen LogP contribution >= 0.6 is 11.3 Å². The number of hydrogen-bond acceptors (Lipinski definition) is 2. The third-order valence-electron chi connectivity index (χ3n) is 9.03. The Morgan fingerprint density at radius 1 is 0.348 bits per heavy atom. The van der Waals surface area contributed by atoms with E-state index >= 15 is 0 Å². The fraction of sp³-hybridized carbons (Fsp3) is 0. The van der Waals surface area contributed by atoms with Gasteiger partial charge in [0.25, 0.3) is 0 Å². The van der Waals surface area contributed by atoms with Crippen molar-refractivity contribution in [3.05, 3.63) is 176 Å². The number of hydrogen-bond donors (Lipinski definition) is 0. The van der Waals surface area contributed by atoms with Crippen LogP contribution in [0.25, 0.3) is 64.0 Å². The average Bonchev–Trinajstić information content (AvgIpc) is 3.52. The molecule has 8 aromatic carbocycles. The first kappa shape index (κ1) is 26.7. The Hall–Kier alpha value is -5.70. The highest BCUT2D eigenvalue weighted by atomic mass is 32.1. The van der Waals surface area contributed by atoms with Gasteiger partial charge in [-0.25, -0.2) is 0 Å². The molecule has 2 heteroatoms. The summed E-state index contributed by atoms with van der Waals surface area (Å²) in [5, 5.41) is 7.82. The minimum Gasteiger partial charge on any atom is -0.310 e. The molecule has 9 rings (SSSR count). The minimum absolute atomic E-state index is 1.12. The number of thiophene rings is 1. The van der Waals surface area contributed by atoms with Crippen molar-refractivity contribution in [3.63, 3.8) is 0 Å². The lowest BCUT2D eigenvalue weighted by Gasteiger charge is -2.27. The molecule has 1 aromatic heterocycles. The summed E-state index contributed by atoms with van der Waals surface area (Å²) in [4.78, 5) is 2.38. The lowest BCUT2D eigenvalue weighted by atomic mass is 9.98. The van der Waals surface area contributed by atoms with Gasteiger partial charge in [0, 0.05) is 42.6 Å². The first-order valence-electron chi connectivity index (χ1n) is 15.7. The molecular formula is C44H29NS. The van der Waals surface area contributed by atoms with Gasteiger partial charge < -0.3 is 4.90 Å². The predicted octanol–water partition coefficient (Wildman–Crippen LogP) is 13.2. The van der Waals surface area contributed by atoms with Crippen molar-refractivity contribution in [2.45, 2.75) is 0 Å². The lowest BCUT2D eigenvalue weighted by molar-refractivity contribution is 1.29. The zero-order chi connectivity index (χ0) is 30.5. The van der Waals surface area contributed by atoms with Gasteiger partial charge in [-0.3, -0.25) is 0 Å². The molecule has 46 heavy (non-hydrogen) atoms. The molecule has 0 saturated heterocycles. The van der Waals surface area contributed by atoms with E-state index in [-0.39, 0.29) is 0 Å². The summed E-state index contributed by atoms with van der Waals surface area (Å²) in [5.74, 6) is 0. The zero-order valence-electron chi connectivity index (χ0n) is 25.1. The monoisotopic (exact) mass is 603 g/mol. The Bertz CT molecular complexity index is 2510. The molecule has 9 aromatic rings. The molecule has 0 unspecified atom stereocenters. The van der Waals surface area contributed by atoms with Crippen LogP contribution < -0.4 is 4.90 Å². The SMILES string of the molecule is c1ccc(-c2ccc(N(c3cccc(-c4ccccc4)c3)c3ccc4c(ccc5ccc6c7ccccc7sc6c54)c3)cc2)cc1. The molecule has 0 amide bonds. The number of benzene rings is 8. The summed E-state index contributed by atoms with van der Waals surface area (Å²) in [6, 6.07) is 63.8. The van der Waals surface area contributed by atoms with E-state index < -0.39 is 0 Å². The van der Waals surface area contributed by atoms with E-state index in [2.05, 4.69) is 181 Å². The molecule has 0 fully saturated rings. The molecule has 1 heterocycles. The van der Waals surface area contributed by atoms with Crippen molar-refractivity contribution in [3.8, 4) is 22.3 Å². The van der Waals surface area contributed by atoms with Crippen LogP contribution in [0.5, 0.6) is 0 Å². The van der Waals surface area contributed by atoms with Crippen molar-refractivity contribution in [1.29, 1.82) is 0 Å². The Labute approximate surface area is 272 Å². The van der Waals surface area contributed by atoms with Gasteiger partial charge in [0.15, 0.2) is 0 Å². The Balaban J connectivity index is 1.23. The Kier molecular flexibility index (Phi) is 6.40. The Morgan fingerprint density at radius 3 is 1.74 bits per heavy atom. The van der Waals surface area contributed by atoms with Gasteiger partial charge >= 0.3 is 0 Å². The number of rotatable bonds is 5. The van der Waals surface area contributed by atoms with Crippen LogP contribution in [0, 0.1) is 0 Å². The fourth-order valence-corrected chi connectivity index (χ4v) is 8.06. The van der Waals surface area contributed by atoms with Gasteiger partial charge in [-0.15, -0.1) is 11.3 Å². The standard InChI is InChI=1S/C44H29NS/c1-3-10-30(11-4-1)32-20-23-36(24-21-32)45(37-15-9-14-34(28-37)31-12-5-2-6-13-31)38-25-27-39-35(29-38)19-18-33-22-26-41-40-16-7-8-17-42(40)46-44(41)43(33)39/h1-29H. The third kappa shape index (κ3) is 4.54. The van der Waals surface area contributed by atoms with Crippen molar-refractivity contribution < 1.29 is 0 Å². The highest BCUT2D eigenvalue weighted by Gasteiger charge is 2.16. The van der Waals surface area contributed by atoms with Crippen LogP contribution in [0.2, 0.25) is 0 Å². The van der Waals surface area contributed by atoms with Crippen LogP contribution in [0.3, 0.4) is 0 Å². The maximum absolute atomic E-state index is 2.38. The molecule has 216 valence electrons. The molecule has 0 N–H and O–H groups in total. The molecule has 0 aliphatic rings. The highest BCUT2D eigenvalue weighted by molar-refractivity contribution is 7.26. The van der Waals surface area contributed by atoms with E-state index in [1.54, 1.807) is 0 Å². The number of nitrogens with zero attached hydrogens (tertiary/aromatic N) is 1. The molecule has 0 saturated carbocycles. The van der Waals surface area contributed by atoms with Crippen molar-refractivity contribution in [2.24, 2.45) is 0 Å². The highest BCUT2D eigenvalue weighted by Crippen LogP contribution is 2.43. The number of fused-ring (bicyclic) bond motifs is 7. The van der Waals surface area contributed by atoms with Crippen LogP contribution in [-0.2, 0) is 0 Å². The molecule has 0 bridgehead atoms. The third-order valence-corrected chi connectivity index (χ3v) is 10.2. The maximum Gasteiger partial charge on any atom is 0.0468 e. The van der Waals surface area contributed by atoms with Crippen LogP contribution in [0.1, 0.15) is 0 Å². The quantitative estimate of drug-likeness (QED) is 0.177. The predicted molar refractivity (Wildman–Crippen MR) is 200 cm³/mol. The fourth-order valence-electron chi connectivity index (χ4n) is 6.79. The summed E-state index contributed by atoms with van der Waals surface area (Å²) in [5.41, 5.74) is 8.21. The van der Waals surface area contributed by atoms with E-state index in [1.165, 1.54) is 64.0 Å². The summed E-state index contributed by atoms with van der Waals surface area (Å²) in [6.07, 6.45) is 0. The molecule has 0 atom stereocenters. The largest absolute Gasteiger partial charge is 0.310 e. The normalized spacial score (nSPS) is 11.5. The van der Waals surface area contributed by atoms with E-state index in [1.807, 2.05) is 11.3 Å². The van der Waals surface area contributed by atoms with Crippen LogP contribution in [-0.4, -0.2) is 0 Å².